The number of nitrogens with zero attached hydrogens (tertiary/aromatic N) is 2. The molecule has 0 N–H and O–H groups in total. The second-order valence-corrected chi connectivity index (χ2v) is 9.38. The Hall–Kier alpha value is -1.67. The van der Waals surface area contributed by atoms with E-state index in [0.29, 0.717) is 18.5 Å². The Balaban J connectivity index is 2.11. The highest BCUT2D eigenvalue weighted by atomic mass is 79.9. The molecule has 0 aliphatic carbocycles. The third kappa shape index (κ3) is 7.59. The van der Waals surface area contributed by atoms with E-state index in [1.165, 1.54) is 16.9 Å². The number of isocyanates is 1. The fraction of sp³-hybridized carbons (Fsp3) is 0.467. The number of hydrogen-bond donors (Lipinski definition) is 0. The van der Waals surface area contributed by atoms with Gasteiger partial charge < -0.3 is 0 Å². The van der Waals surface area contributed by atoms with Crippen LogP contribution in [0.4, 0.5) is 5.69 Å². The number of amides is 1. The van der Waals surface area contributed by atoms with Gasteiger partial charge in [-0.2, -0.15) is 21.8 Å². The first-order chi connectivity index (χ1) is 13.5. The first-order valence-electron chi connectivity index (χ1n) is 8.17. The van der Waals surface area contributed by atoms with Crippen LogP contribution in [0.15, 0.2) is 29.3 Å². The van der Waals surface area contributed by atoms with Crippen molar-refractivity contribution in [2.24, 2.45) is 4.99 Å². The molecule has 14 heteroatoms. The number of carbonyl (C=O) groups excluding carboxylic acids is 2. The molecule has 0 saturated carbocycles. The first-order valence-corrected chi connectivity index (χ1v) is 11.5. The van der Waals surface area contributed by atoms with Crippen molar-refractivity contribution in [3.05, 3.63) is 29.8 Å². The Morgan fingerprint density at radius 3 is 2.52 bits per heavy atom. The maximum Gasteiger partial charge on any atom is 0.416 e. The highest BCUT2D eigenvalue weighted by Gasteiger charge is 2.36. The van der Waals surface area contributed by atoms with Crippen molar-refractivity contribution in [2.75, 3.05) is 6.61 Å². The van der Waals surface area contributed by atoms with Crippen LogP contribution < -0.4 is 0 Å². The summed E-state index contributed by atoms with van der Waals surface area (Å²) < 4.78 is 60.2. The SMILES string of the molecule is CC(=O)N(Br)C(CCc1ccc(N=C=O)cc1)CC1COS(=O)(=O)OS(=O)(=O)O1. The van der Waals surface area contributed by atoms with Crippen LogP contribution in [0.3, 0.4) is 0 Å². The van der Waals surface area contributed by atoms with Crippen molar-refractivity contribution >= 4 is 54.6 Å². The number of halogens is 1. The smallest absolute Gasteiger partial charge is 0.276 e. The number of rotatable bonds is 7. The zero-order chi connectivity index (χ0) is 21.7. The molecule has 1 aromatic rings. The summed E-state index contributed by atoms with van der Waals surface area (Å²) in [6.07, 6.45) is 1.08. The summed E-state index contributed by atoms with van der Waals surface area (Å²) >= 11 is 3.14. The number of aliphatic imine (C=N–C) groups is 1. The quantitative estimate of drug-likeness (QED) is 0.300. The predicted molar refractivity (Wildman–Crippen MR) is 102 cm³/mol. The molecule has 0 spiro atoms. The molecule has 160 valence electrons. The van der Waals surface area contributed by atoms with Gasteiger partial charge in [0.25, 0.3) is 0 Å². The number of carbonyl (C=O) groups is 1. The predicted octanol–water partition coefficient (Wildman–Crippen LogP) is 1.43. The fourth-order valence-electron chi connectivity index (χ4n) is 2.61. The Morgan fingerprint density at radius 2 is 1.93 bits per heavy atom. The topological polar surface area (TPSA) is 146 Å². The summed E-state index contributed by atoms with van der Waals surface area (Å²) in [5, 5.41) is 0. The van der Waals surface area contributed by atoms with Crippen LogP contribution in [-0.4, -0.2) is 51.5 Å². The maximum atomic E-state index is 11.8. The lowest BCUT2D eigenvalue weighted by atomic mass is 10.0. The molecule has 1 saturated heterocycles. The van der Waals surface area contributed by atoms with Gasteiger partial charge in [-0.05, 0) is 37.0 Å². The van der Waals surface area contributed by atoms with E-state index in [4.69, 9.17) is 4.18 Å². The van der Waals surface area contributed by atoms with Gasteiger partial charge in [-0.15, -0.1) is 3.63 Å². The van der Waals surface area contributed by atoms with Gasteiger partial charge >= 0.3 is 20.8 Å². The molecule has 1 amide bonds. The molecule has 1 heterocycles. The third-order valence-corrected chi connectivity index (χ3v) is 7.20. The Labute approximate surface area is 176 Å². The van der Waals surface area contributed by atoms with Crippen LogP contribution in [0.1, 0.15) is 25.3 Å². The van der Waals surface area contributed by atoms with Crippen molar-refractivity contribution in [3.63, 3.8) is 0 Å². The van der Waals surface area contributed by atoms with Gasteiger partial charge in [-0.3, -0.25) is 8.72 Å². The zero-order valence-electron chi connectivity index (χ0n) is 15.1. The summed E-state index contributed by atoms with van der Waals surface area (Å²) in [5.74, 6) is -0.341. The maximum absolute atomic E-state index is 11.8. The summed E-state index contributed by atoms with van der Waals surface area (Å²) in [4.78, 5) is 25.5. The second kappa shape index (κ2) is 9.89. The molecule has 29 heavy (non-hydrogen) atoms. The Morgan fingerprint density at radius 1 is 1.28 bits per heavy atom. The van der Waals surface area contributed by atoms with Gasteiger partial charge in [-0.1, -0.05) is 12.1 Å². The highest BCUT2D eigenvalue weighted by Crippen LogP contribution is 2.24. The minimum atomic E-state index is -4.82. The zero-order valence-corrected chi connectivity index (χ0v) is 18.3. The molecule has 0 radical (unpaired) electrons. The molecule has 2 atom stereocenters. The van der Waals surface area contributed by atoms with E-state index in [-0.39, 0.29) is 12.3 Å². The van der Waals surface area contributed by atoms with Crippen molar-refractivity contribution in [3.8, 4) is 0 Å². The third-order valence-electron chi connectivity index (χ3n) is 3.85. The lowest BCUT2D eigenvalue weighted by Crippen LogP contribution is -2.36. The Kier molecular flexibility index (Phi) is 8.05. The number of benzene rings is 1. The minimum absolute atomic E-state index is 0.0452. The molecular weight excluding hydrogens is 496 g/mol. The molecule has 1 aromatic carbocycles. The molecule has 2 rings (SSSR count). The fourth-order valence-corrected chi connectivity index (χ4v) is 4.87. The van der Waals surface area contributed by atoms with E-state index in [0.717, 1.165) is 5.56 Å². The van der Waals surface area contributed by atoms with Crippen LogP contribution >= 0.6 is 16.1 Å². The normalized spacial score (nSPS) is 21.4. The minimum Gasteiger partial charge on any atom is -0.276 e. The van der Waals surface area contributed by atoms with E-state index >= 15 is 0 Å². The first kappa shape index (κ1) is 23.6. The van der Waals surface area contributed by atoms with Crippen LogP contribution in [-0.2, 0) is 48.8 Å². The average Bonchev–Trinajstić information content (AvgIpc) is 2.73. The van der Waals surface area contributed by atoms with Gasteiger partial charge in [0.05, 0.1) is 28.4 Å². The lowest BCUT2D eigenvalue weighted by Gasteiger charge is -2.27. The van der Waals surface area contributed by atoms with Crippen LogP contribution in [0.5, 0.6) is 0 Å². The number of hydrogen-bond acceptors (Lipinski definition) is 10. The summed E-state index contributed by atoms with van der Waals surface area (Å²) in [5.41, 5.74) is 1.32. The van der Waals surface area contributed by atoms with Crippen LogP contribution in [0.2, 0.25) is 0 Å². The van der Waals surface area contributed by atoms with Gasteiger partial charge in [0.2, 0.25) is 12.0 Å². The van der Waals surface area contributed by atoms with Gasteiger partial charge in [0.1, 0.15) is 6.10 Å². The molecule has 0 aromatic heterocycles. The molecule has 2 unspecified atom stereocenters. The monoisotopic (exact) mass is 512 g/mol. The molecular formula is C15H17BrN2O9S2. The van der Waals surface area contributed by atoms with E-state index in [1.54, 1.807) is 24.3 Å². The van der Waals surface area contributed by atoms with Crippen LogP contribution in [0.25, 0.3) is 0 Å². The van der Waals surface area contributed by atoms with E-state index in [9.17, 15) is 26.4 Å². The molecule has 11 nitrogen and oxygen atoms in total. The highest BCUT2D eigenvalue weighted by molar-refractivity contribution is 9.07. The van der Waals surface area contributed by atoms with Gasteiger partial charge in [0.15, 0.2) is 0 Å². The molecule has 1 fully saturated rings. The summed E-state index contributed by atoms with van der Waals surface area (Å²) in [6, 6.07) is 6.20. The molecule has 1 aliphatic rings. The Bertz CT molecular complexity index is 989. The van der Waals surface area contributed by atoms with E-state index in [2.05, 4.69) is 29.0 Å². The van der Waals surface area contributed by atoms with Crippen molar-refractivity contribution in [2.45, 2.75) is 38.3 Å². The van der Waals surface area contributed by atoms with Crippen molar-refractivity contribution in [1.29, 1.82) is 0 Å². The summed E-state index contributed by atoms with van der Waals surface area (Å²) in [6.45, 7) is 0.720. The van der Waals surface area contributed by atoms with Gasteiger partial charge in [-0.25, -0.2) is 13.2 Å². The average molecular weight is 513 g/mol. The molecule has 1 aliphatic heterocycles. The lowest BCUT2D eigenvalue weighted by molar-refractivity contribution is -0.125. The number of aryl methyl sites for hydroxylation is 1. The van der Waals surface area contributed by atoms with Crippen molar-refractivity contribution in [1.82, 2.24) is 3.93 Å². The van der Waals surface area contributed by atoms with Gasteiger partial charge in [0, 0.05) is 13.0 Å². The van der Waals surface area contributed by atoms with E-state index < -0.39 is 39.6 Å². The molecule has 0 bridgehead atoms. The van der Waals surface area contributed by atoms with Crippen molar-refractivity contribution < 1.29 is 38.4 Å². The summed E-state index contributed by atoms with van der Waals surface area (Å²) in [7, 11) is -9.56. The standard InChI is InChI=1S/C15H17BrN2O9S2/c1-11(20)18(16)14(7-4-12-2-5-13(6-3-12)17-10-19)8-15-9-25-28(21,22)27-29(23,24)26-15/h2-3,5-6,14-15H,4,7-9H2,1H3. The van der Waals surface area contributed by atoms with E-state index in [1.807, 2.05) is 0 Å². The van der Waals surface area contributed by atoms with Crippen LogP contribution in [0, 0.1) is 0 Å². The largest absolute Gasteiger partial charge is 0.416 e. The second-order valence-electron chi connectivity index (χ2n) is 6.02.